The Balaban J connectivity index is 1.49. The minimum absolute atomic E-state index is 0.0550. The molecule has 4 heterocycles. The Kier molecular flexibility index (Phi) is 4.28. The van der Waals surface area contributed by atoms with Crippen molar-refractivity contribution in [3.8, 4) is 0 Å². The molecule has 25 heavy (non-hydrogen) atoms. The second-order valence-corrected chi connectivity index (χ2v) is 9.33. The summed E-state index contributed by atoms with van der Waals surface area (Å²) in [7, 11) is 0. The van der Waals surface area contributed by atoms with Crippen LogP contribution in [-0.4, -0.2) is 79.8 Å². The van der Waals surface area contributed by atoms with Gasteiger partial charge in [0.25, 0.3) is 0 Å². The predicted octanol–water partition coefficient (Wildman–Crippen LogP) is 0.660. The highest BCUT2D eigenvalue weighted by atomic mass is 32.2. The maximum atomic E-state index is 12.3. The van der Waals surface area contributed by atoms with Crippen LogP contribution >= 0.6 is 23.5 Å². The monoisotopic (exact) mass is 383 g/mol. The topological polar surface area (TPSA) is 93.4 Å². The van der Waals surface area contributed by atoms with Crippen molar-refractivity contribution in [1.29, 1.82) is 0 Å². The molecule has 7 nitrogen and oxygen atoms in total. The predicted molar refractivity (Wildman–Crippen MR) is 97.3 cm³/mol. The van der Waals surface area contributed by atoms with Crippen molar-refractivity contribution in [2.24, 2.45) is 16.8 Å². The molecule has 4 rings (SSSR count). The number of hydrogen-bond donors (Lipinski definition) is 2. The number of rotatable bonds is 4. The summed E-state index contributed by atoms with van der Waals surface area (Å²) < 4.78 is 0. The number of likely N-dealkylation sites (tertiary alicyclic amines) is 1. The van der Waals surface area contributed by atoms with Gasteiger partial charge in [-0.1, -0.05) is 18.7 Å². The minimum Gasteiger partial charge on any atom is -0.477 e. The number of carboxylic acids is 1. The lowest BCUT2D eigenvalue weighted by molar-refractivity contribution is -0.163. The van der Waals surface area contributed by atoms with E-state index in [0.717, 1.165) is 35.5 Å². The lowest BCUT2D eigenvalue weighted by atomic mass is 9.79. The van der Waals surface area contributed by atoms with Crippen LogP contribution in [0.5, 0.6) is 0 Å². The van der Waals surface area contributed by atoms with E-state index in [1.165, 1.54) is 4.90 Å². The van der Waals surface area contributed by atoms with E-state index in [0.29, 0.717) is 5.25 Å². The SMILES string of the molecule is C[C@H]1C(SC2CN(C3=NCCS3)C2)=C(C(=O)O)N2C(=O)[C@H]([C@@H](C)O)C12. The van der Waals surface area contributed by atoms with Gasteiger partial charge < -0.3 is 20.0 Å². The van der Waals surface area contributed by atoms with Gasteiger partial charge in [-0.15, -0.1) is 11.8 Å². The van der Waals surface area contributed by atoms with Crippen LogP contribution in [-0.2, 0) is 9.59 Å². The summed E-state index contributed by atoms with van der Waals surface area (Å²) in [5.41, 5.74) is 0.121. The van der Waals surface area contributed by atoms with Gasteiger partial charge in [-0.2, -0.15) is 0 Å². The summed E-state index contributed by atoms with van der Waals surface area (Å²) in [6, 6.07) is -0.230. The largest absolute Gasteiger partial charge is 0.477 e. The van der Waals surface area contributed by atoms with Crippen LogP contribution in [0, 0.1) is 11.8 Å². The fraction of sp³-hybridized carbons (Fsp3) is 0.688. The maximum absolute atomic E-state index is 12.3. The van der Waals surface area contributed by atoms with Crippen molar-refractivity contribution in [2.45, 2.75) is 31.2 Å². The van der Waals surface area contributed by atoms with E-state index in [2.05, 4.69) is 9.89 Å². The van der Waals surface area contributed by atoms with Crippen LogP contribution in [0.1, 0.15) is 13.8 Å². The van der Waals surface area contributed by atoms with Crippen LogP contribution in [0.15, 0.2) is 15.6 Å². The number of aliphatic hydroxyl groups is 1. The van der Waals surface area contributed by atoms with Crippen molar-refractivity contribution in [3.63, 3.8) is 0 Å². The zero-order chi connectivity index (χ0) is 17.9. The molecule has 0 aromatic carbocycles. The molecule has 0 saturated carbocycles. The molecule has 4 atom stereocenters. The number of hydrogen-bond acceptors (Lipinski definition) is 7. The first kappa shape index (κ1) is 17.2. The summed E-state index contributed by atoms with van der Waals surface area (Å²) in [6.45, 7) is 6.16. The van der Waals surface area contributed by atoms with E-state index in [1.807, 2.05) is 6.92 Å². The zero-order valence-electron chi connectivity index (χ0n) is 14.1. The lowest BCUT2D eigenvalue weighted by Crippen LogP contribution is -2.63. The van der Waals surface area contributed by atoms with Crippen LogP contribution in [0.2, 0.25) is 0 Å². The molecule has 4 aliphatic rings. The van der Waals surface area contributed by atoms with Gasteiger partial charge >= 0.3 is 5.97 Å². The Bertz CT molecular complexity index is 687. The summed E-state index contributed by atoms with van der Waals surface area (Å²) in [5, 5.41) is 20.9. The van der Waals surface area contributed by atoms with E-state index < -0.39 is 18.0 Å². The minimum atomic E-state index is -1.05. The molecule has 0 radical (unpaired) electrons. The molecule has 136 valence electrons. The first-order valence-electron chi connectivity index (χ1n) is 8.47. The number of carboxylic acid groups (broad SMARTS) is 1. The van der Waals surface area contributed by atoms with Crippen LogP contribution in [0.25, 0.3) is 0 Å². The van der Waals surface area contributed by atoms with Crippen LogP contribution in [0.3, 0.4) is 0 Å². The van der Waals surface area contributed by atoms with Crippen molar-refractivity contribution in [2.75, 3.05) is 25.4 Å². The number of carbonyl (C=O) groups excluding carboxylic acids is 1. The molecule has 2 saturated heterocycles. The van der Waals surface area contributed by atoms with Crippen molar-refractivity contribution < 1.29 is 19.8 Å². The second kappa shape index (κ2) is 6.21. The summed E-state index contributed by atoms with van der Waals surface area (Å²) in [4.78, 5) is 33.0. The highest BCUT2D eigenvalue weighted by molar-refractivity contribution is 8.14. The molecule has 1 unspecified atom stereocenters. The van der Waals surface area contributed by atoms with Crippen LogP contribution in [0.4, 0.5) is 0 Å². The Morgan fingerprint density at radius 2 is 2.16 bits per heavy atom. The Morgan fingerprint density at radius 1 is 1.44 bits per heavy atom. The Morgan fingerprint density at radius 3 is 2.72 bits per heavy atom. The summed E-state index contributed by atoms with van der Waals surface area (Å²) in [5.74, 6) is -0.841. The van der Waals surface area contributed by atoms with Gasteiger partial charge in [-0.3, -0.25) is 9.79 Å². The fourth-order valence-electron chi connectivity index (χ4n) is 4.04. The Hall–Kier alpha value is -1.19. The van der Waals surface area contributed by atoms with E-state index in [4.69, 9.17) is 0 Å². The number of amides is 1. The highest BCUT2D eigenvalue weighted by Gasteiger charge is 2.60. The average molecular weight is 383 g/mol. The molecule has 2 fully saturated rings. The van der Waals surface area contributed by atoms with Crippen molar-refractivity contribution in [3.05, 3.63) is 10.6 Å². The van der Waals surface area contributed by atoms with Crippen molar-refractivity contribution >= 4 is 40.6 Å². The summed E-state index contributed by atoms with van der Waals surface area (Å²) in [6.07, 6.45) is -0.757. The molecule has 2 N–H and O–H groups in total. The van der Waals surface area contributed by atoms with E-state index in [9.17, 15) is 19.8 Å². The number of carbonyl (C=O) groups is 2. The van der Waals surface area contributed by atoms with Gasteiger partial charge in [0, 0.05) is 34.9 Å². The summed E-state index contributed by atoms with van der Waals surface area (Å²) >= 11 is 3.35. The molecule has 0 spiro atoms. The molecule has 0 bridgehead atoms. The second-order valence-electron chi connectivity index (χ2n) is 6.93. The number of fused-ring (bicyclic) bond motifs is 1. The van der Waals surface area contributed by atoms with Gasteiger partial charge in [-0.05, 0) is 6.92 Å². The number of β-lactam (4-membered cyclic amide) rings is 1. The van der Waals surface area contributed by atoms with Gasteiger partial charge in [-0.25, -0.2) is 4.79 Å². The maximum Gasteiger partial charge on any atom is 0.353 e. The molecule has 9 heteroatoms. The molecular weight excluding hydrogens is 362 g/mol. The zero-order valence-corrected chi connectivity index (χ0v) is 15.7. The van der Waals surface area contributed by atoms with E-state index >= 15 is 0 Å². The fourth-order valence-corrected chi connectivity index (χ4v) is 6.44. The van der Waals surface area contributed by atoms with Gasteiger partial charge in [0.1, 0.15) is 5.70 Å². The number of amidine groups is 1. The number of aliphatic hydroxyl groups excluding tert-OH is 1. The normalized spacial score (nSPS) is 33.2. The van der Waals surface area contributed by atoms with E-state index in [1.54, 1.807) is 30.4 Å². The lowest BCUT2D eigenvalue weighted by Gasteiger charge is -2.46. The molecular formula is C16H21N3O4S2. The first-order valence-corrected chi connectivity index (χ1v) is 10.3. The molecule has 0 aromatic heterocycles. The van der Waals surface area contributed by atoms with Gasteiger partial charge in [0.05, 0.1) is 24.6 Å². The molecule has 1 amide bonds. The third-order valence-corrected chi connectivity index (χ3v) is 7.78. The average Bonchev–Trinajstić information content (AvgIpc) is 3.08. The van der Waals surface area contributed by atoms with Gasteiger partial charge in [0.2, 0.25) is 5.91 Å². The third-order valence-electron chi connectivity index (χ3n) is 5.29. The Labute approximate surface area is 154 Å². The molecule has 0 aliphatic carbocycles. The highest BCUT2D eigenvalue weighted by Crippen LogP contribution is 2.52. The van der Waals surface area contributed by atoms with E-state index in [-0.39, 0.29) is 23.6 Å². The molecule has 0 aromatic rings. The first-order chi connectivity index (χ1) is 11.9. The number of aliphatic imine (C=N–C) groups is 1. The quantitative estimate of drug-likeness (QED) is 0.689. The van der Waals surface area contributed by atoms with Crippen LogP contribution < -0.4 is 0 Å². The molecule has 4 aliphatic heterocycles. The number of thioether (sulfide) groups is 2. The third kappa shape index (κ3) is 2.59. The van der Waals surface area contributed by atoms with Crippen molar-refractivity contribution in [1.82, 2.24) is 9.80 Å². The standard InChI is InChI=1S/C16H21N3O4S2/c1-7-11-10(8(2)20)14(21)19(11)12(15(22)23)13(7)25-9-5-18(6-9)16-17-3-4-24-16/h7-11,20H,3-6H2,1-2H3,(H,22,23)/t7-,8-,10-,11?/m1/s1. The smallest absolute Gasteiger partial charge is 0.353 e. The van der Waals surface area contributed by atoms with Gasteiger partial charge in [0.15, 0.2) is 5.17 Å². The number of nitrogens with zero attached hydrogens (tertiary/aromatic N) is 3. The number of aliphatic carboxylic acids is 1.